The lowest BCUT2D eigenvalue weighted by Crippen LogP contribution is -2.41. The Hall–Kier alpha value is -2.14. The SMILES string of the molecule is CC1CC(C(=O)O)CN(Cc2ccc(-n3ccnc3)cc2)C1. The van der Waals surface area contributed by atoms with E-state index < -0.39 is 5.97 Å². The maximum atomic E-state index is 11.2. The van der Waals surface area contributed by atoms with Crippen molar-refractivity contribution in [3.63, 3.8) is 0 Å². The minimum absolute atomic E-state index is 0.242. The predicted molar refractivity (Wildman–Crippen MR) is 83.7 cm³/mol. The second-order valence-electron chi connectivity index (χ2n) is 6.21. The van der Waals surface area contributed by atoms with Crippen molar-refractivity contribution >= 4 is 5.97 Å². The van der Waals surface area contributed by atoms with Gasteiger partial charge in [-0.15, -0.1) is 0 Å². The standard InChI is InChI=1S/C17H21N3O2/c1-13-8-15(17(21)22)11-19(9-13)10-14-2-4-16(5-3-14)20-7-6-18-12-20/h2-7,12-13,15H,8-11H2,1H3,(H,21,22). The van der Waals surface area contributed by atoms with Crippen LogP contribution >= 0.6 is 0 Å². The number of carbonyl (C=O) groups is 1. The van der Waals surface area contributed by atoms with Gasteiger partial charge >= 0.3 is 5.97 Å². The number of hydrogen-bond donors (Lipinski definition) is 1. The van der Waals surface area contributed by atoms with Crippen molar-refractivity contribution < 1.29 is 9.90 Å². The maximum Gasteiger partial charge on any atom is 0.307 e. The second kappa shape index (κ2) is 6.32. The molecule has 1 fully saturated rings. The summed E-state index contributed by atoms with van der Waals surface area (Å²) in [6, 6.07) is 8.34. The van der Waals surface area contributed by atoms with Crippen LogP contribution in [0.3, 0.4) is 0 Å². The number of aromatic nitrogens is 2. The van der Waals surface area contributed by atoms with Gasteiger partial charge in [-0.2, -0.15) is 0 Å². The molecule has 0 aliphatic carbocycles. The Bertz CT molecular complexity index is 622. The molecule has 1 N–H and O–H groups in total. The van der Waals surface area contributed by atoms with Crippen molar-refractivity contribution in [1.82, 2.24) is 14.5 Å². The molecule has 0 bridgehead atoms. The Morgan fingerprint density at radius 2 is 2.09 bits per heavy atom. The van der Waals surface area contributed by atoms with Crippen molar-refractivity contribution in [1.29, 1.82) is 0 Å². The molecule has 116 valence electrons. The first-order chi connectivity index (χ1) is 10.6. The normalized spacial score (nSPS) is 22.6. The lowest BCUT2D eigenvalue weighted by molar-refractivity contribution is -0.144. The van der Waals surface area contributed by atoms with E-state index in [1.807, 2.05) is 10.8 Å². The number of likely N-dealkylation sites (tertiary alicyclic amines) is 1. The van der Waals surface area contributed by atoms with Gasteiger partial charge < -0.3 is 9.67 Å². The molecule has 5 nitrogen and oxygen atoms in total. The number of hydrogen-bond acceptors (Lipinski definition) is 3. The summed E-state index contributed by atoms with van der Waals surface area (Å²) < 4.78 is 1.97. The monoisotopic (exact) mass is 299 g/mol. The Morgan fingerprint density at radius 1 is 1.32 bits per heavy atom. The summed E-state index contributed by atoms with van der Waals surface area (Å²) in [5.41, 5.74) is 2.29. The van der Waals surface area contributed by atoms with Gasteiger partial charge in [0.25, 0.3) is 0 Å². The molecule has 22 heavy (non-hydrogen) atoms. The summed E-state index contributed by atoms with van der Waals surface area (Å²) >= 11 is 0. The van der Waals surface area contributed by atoms with Crippen LogP contribution in [0.1, 0.15) is 18.9 Å². The molecular weight excluding hydrogens is 278 g/mol. The molecule has 0 saturated carbocycles. The summed E-state index contributed by atoms with van der Waals surface area (Å²) in [5.74, 6) is -0.485. The molecule has 1 aliphatic rings. The average Bonchev–Trinajstić information content (AvgIpc) is 3.01. The summed E-state index contributed by atoms with van der Waals surface area (Å²) in [6.07, 6.45) is 6.23. The van der Waals surface area contributed by atoms with E-state index in [9.17, 15) is 9.90 Å². The van der Waals surface area contributed by atoms with E-state index in [0.717, 1.165) is 25.2 Å². The zero-order valence-corrected chi connectivity index (χ0v) is 12.7. The third-order valence-corrected chi connectivity index (χ3v) is 4.23. The molecule has 1 aromatic carbocycles. The molecule has 1 aliphatic heterocycles. The van der Waals surface area contributed by atoms with Crippen LogP contribution in [0.5, 0.6) is 0 Å². The first kappa shape index (κ1) is 14.8. The van der Waals surface area contributed by atoms with Gasteiger partial charge in [-0.05, 0) is 30.0 Å². The molecular formula is C17H21N3O2. The molecule has 2 heterocycles. The second-order valence-corrected chi connectivity index (χ2v) is 6.21. The molecule has 5 heteroatoms. The van der Waals surface area contributed by atoms with Gasteiger partial charge in [0.2, 0.25) is 0 Å². The van der Waals surface area contributed by atoms with Crippen LogP contribution in [-0.2, 0) is 11.3 Å². The summed E-state index contributed by atoms with van der Waals surface area (Å²) in [6.45, 7) is 4.54. The van der Waals surface area contributed by atoms with E-state index in [1.165, 1.54) is 5.56 Å². The Labute approximate surface area is 130 Å². The zero-order chi connectivity index (χ0) is 15.5. The van der Waals surface area contributed by atoms with Crippen LogP contribution in [0.4, 0.5) is 0 Å². The molecule has 0 amide bonds. The number of benzene rings is 1. The lowest BCUT2D eigenvalue weighted by Gasteiger charge is -2.34. The van der Waals surface area contributed by atoms with Crippen LogP contribution in [0.25, 0.3) is 5.69 Å². The predicted octanol–water partition coefficient (Wildman–Crippen LogP) is 2.41. The largest absolute Gasteiger partial charge is 0.481 e. The first-order valence-corrected chi connectivity index (χ1v) is 7.64. The highest BCUT2D eigenvalue weighted by Gasteiger charge is 2.29. The minimum atomic E-state index is -0.674. The highest BCUT2D eigenvalue weighted by molar-refractivity contribution is 5.70. The van der Waals surface area contributed by atoms with E-state index >= 15 is 0 Å². The summed E-state index contributed by atoms with van der Waals surface area (Å²) in [7, 11) is 0. The molecule has 2 unspecified atom stereocenters. The smallest absolute Gasteiger partial charge is 0.307 e. The summed E-state index contributed by atoms with van der Waals surface area (Å²) in [5, 5.41) is 9.25. The van der Waals surface area contributed by atoms with Crippen molar-refractivity contribution in [2.45, 2.75) is 19.9 Å². The third-order valence-electron chi connectivity index (χ3n) is 4.23. The van der Waals surface area contributed by atoms with Crippen molar-refractivity contribution in [3.05, 3.63) is 48.5 Å². The van der Waals surface area contributed by atoms with Gasteiger partial charge in [0.1, 0.15) is 0 Å². The Kier molecular flexibility index (Phi) is 4.24. The molecule has 1 saturated heterocycles. The van der Waals surface area contributed by atoms with Gasteiger partial charge in [-0.1, -0.05) is 19.1 Å². The van der Waals surface area contributed by atoms with E-state index in [2.05, 4.69) is 41.1 Å². The molecule has 0 radical (unpaired) electrons. The van der Waals surface area contributed by atoms with Gasteiger partial charge in [-0.25, -0.2) is 4.98 Å². The van der Waals surface area contributed by atoms with Crippen LogP contribution in [-0.4, -0.2) is 38.6 Å². The average molecular weight is 299 g/mol. The third kappa shape index (κ3) is 3.36. The van der Waals surface area contributed by atoms with Crippen LogP contribution in [0.15, 0.2) is 43.0 Å². The molecule has 0 spiro atoms. The van der Waals surface area contributed by atoms with Gasteiger partial charge in [0, 0.05) is 37.7 Å². The van der Waals surface area contributed by atoms with Crippen LogP contribution < -0.4 is 0 Å². The van der Waals surface area contributed by atoms with Crippen molar-refractivity contribution in [2.24, 2.45) is 11.8 Å². The number of nitrogens with zero attached hydrogens (tertiary/aromatic N) is 3. The maximum absolute atomic E-state index is 11.2. The number of carboxylic acid groups (broad SMARTS) is 1. The minimum Gasteiger partial charge on any atom is -0.481 e. The fourth-order valence-corrected chi connectivity index (χ4v) is 3.21. The van der Waals surface area contributed by atoms with E-state index in [0.29, 0.717) is 12.5 Å². The molecule has 3 rings (SSSR count). The van der Waals surface area contributed by atoms with E-state index in [-0.39, 0.29) is 5.92 Å². The van der Waals surface area contributed by atoms with Crippen molar-refractivity contribution in [3.8, 4) is 5.69 Å². The Balaban J connectivity index is 1.66. The topological polar surface area (TPSA) is 58.4 Å². The van der Waals surface area contributed by atoms with E-state index in [1.54, 1.807) is 12.5 Å². The highest BCUT2D eigenvalue weighted by atomic mass is 16.4. The van der Waals surface area contributed by atoms with Gasteiger partial charge in [0.05, 0.1) is 12.2 Å². The fraction of sp³-hybridized carbons (Fsp3) is 0.412. The molecule has 2 aromatic rings. The quantitative estimate of drug-likeness (QED) is 0.942. The first-order valence-electron chi connectivity index (χ1n) is 7.64. The fourth-order valence-electron chi connectivity index (χ4n) is 3.21. The number of imidazole rings is 1. The van der Waals surface area contributed by atoms with Gasteiger partial charge in [0.15, 0.2) is 0 Å². The van der Waals surface area contributed by atoms with E-state index in [4.69, 9.17) is 0 Å². The summed E-state index contributed by atoms with van der Waals surface area (Å²) in [4.78, 5) is 17.5. The lowest BCUT2D eigenvalue weighted by atomic mass is 9.90. The number of rotatable bonds is 4. The van der Waals surface area contributed by atoms with Crippen LogP contribution in [0.2, 0.25) is 0 Å². The number of piperidine rings is 1. The van der Waals surface area contributed by atoms with Crippen LogP contribution in [0, 0.1) is 11.8 Å². The van der Waals surface area contributed by atoms with Crippen molar-refractivity contribution in [2.75, 3.05) is 13.1 Å². The van der Waals surface area contributed by atoms with Gasteiger partial charge in [-0.3, -0.25) is 9.69 Å². The zero-order valence-electron chi connectivity index (χ0n) is 12.7. The number of carboxylic acids is 1. The Morgan fingerprint density at radius 3 is 2.73 bits per heavy atom. The molecule has 1 aromatic heterocycles. The molecule has 2 atom stereocenters. The highest BCUT2D eigenvalue weighted by Crippen LogP contribution is 2.23. The number of aliphatic carboxylic acids is 1.